The topological polar surface area (TPSA) is 122 Å². The Bertz CT molecular complexity index is 1050. The van der Waals surface area contributed by atoms with Gasteiger partial charge in [-0.2, -0.15) is 0 Å². The molecule has 3 N–H and O–H groups in total. The molecule has 0 radical (unpaired) electrons. The number of hydrogen-bond donors (Lipinski definition) is 3. The summed E-state index contributed by atoms with van der Waals surface area (Å²) in [5.74, 6) is -0.443. The normalized spacial score (nSPS) is 27.5. The maximum Gasteiger partial charge on any atom is 0.411 e. The van der Waals surface area contributed by atoms with Gasteiger partial charge in [-0.05, 0) is 41.0 Å². The van der Waals surface area contributed by atoms with Crippen LogP contribution in [0.4, 0.5) is 10.7 Å². The van der Waals surface area contributed by atoms with Crippen LogP contribution in [0.25, 0.3) is 11.0 Å². The van der Waals surface area contributed by atoms with Gasteiger partial charge in [0.25, 0.3) is 5.56 Å². The molecule has 31 heavy (non-hydrogen) atoms. The number of hydrogen-bond acceptors (Lipinski definition) is 7. The minimum atomic E-state index is -0.784. The number of carbonyl (C=O) groups excluding carboxylic acids is 1. The number of nitrogens with zero attached hydrogens (tertiary/aromatic N) is 2. The number of ether oxygens (including phenoxy) is 3. The van der Waals surface area contributed by atoms with Crippen molar-refractivity contribution in [1.29, 1.82) is 0 Å². The summed E-state index contributed by atoms with van der Waals surface area (Å²) in [6.07, 6.45) is 1.18. The molecule has 0 aliphatic carbocycles. The molecular formula is C21H31N5O5. The zero-order valence-electron chi connectivity index (χ0n) is 19.0. The molecule has 10 heteroatoms. The van der Waals surface area contributed by atoms with Crippen LogP contribution >= 0.6 is 0 Å². The number of fused-ring (bicyclic) bond motifs is 2. The Balaban J connectivity index is 1.87. The van der Waals surface area contributed by atoms with Gasteiger partial charge in [0.15, 0.2) is 5.79 Å². The van der Waals surface area contributed by atoms with Crippen molar-refractivity contribution >= 4 is 23.1 Å². The Labute approximate surface area is 180 Å². The van der Waals surface area contributed by atoms with Gasteiger partial charge in [-0.15, -0.1) is 0 Å². The minimum absolute atomic E-state index is 0.248. The van der Waals surface area contributed by atoms with Crippen molar-refractivity contribution in [3.63, 3.8) is 0 Å². The number of amides is 1. The second-order valence-corrected chi connectivity index (χ2v) is 9.50. The largest absolute Gasteiger partial charge is 0.444 e. The summed E-state index contributed by atoms with van der Waals surface area (Å²) in [6, 6.07) is -0.776. The van der Waals surface area contributed by atoms with Gasteiger partial charge in [0.1, 0.15) is 28.8 Å². The van der Waals surface area contributed by atoms with E-state index in [-0.39, 0.29) is 17.7 Å². The SMILES string of the molecule is CC[C@@H]1[C@H]2OC(C)(C)O[C@H]2[C@H](c2c[nH]c3c(=O)[nH]c(NC)nc23)N1C(=O)OC(C)(C)C. The number of likely N-dealkylation sites (tertiary alicyclic amines) is 1. The first-order chi connectivity index (χ1) is 14.5. The van der Waals surface area contributed by atoms with Gasteiger partial charge in [0, 0.05) is 18.8 Å². The highest BCUT2D eigenvalue weighted by Crippen LogP contribution is 2.49. The third-order valence-corrected chi connectivity index (χ3v) is 5.65. The van der Waals surface area contributed by atoms with Gasteiger partial charge in [-0.3, -0.25) is 14.7 Å². The van der Waals surface area contributed by atoms with Crippen LogP contribution in [0.3, 0.4) is 0 Å². The third kappa shape index (κ3) is 3.67. The van der Waals surface area contributed by atoms with E-state index in [1.54, 1.807) is 18.1 Å². The molecule has 10 nitrogen and oxygen atoms in total. The Morgan fingerprint density at radius 2 is 2.00 bits per heavy atom. The Morgan fingerprint density at radius 1 is 1.32 bits per heavy atom. The maximum absolute atomic E-state index is 13.3. The number of aromatic nitrogens is 3. The van der Waals surface area contributed by atoms with Crippen LogP contribution < -0.4 is 10.9 Å². The Morgan fingerprint density at radius 3 is 2.61 bits per heavy atom. The van der Waals surface area contributed by atoms with Gasteiger partial charge in [0.2, 0.25) is 5.95 Å². The predicted molar refractivity (Wildman–Crippen MR) is 115 cm³/mol. The summed E-state index contributed by atoms with van der Waals surface area (Å²) < 4.78 is 18.2. The summed E-state index contributed by atoms with van der Waals surface area (Å²) in [5, 5.41) is 2.87. The molecule has 4 heterocycles. The predicted octanol–water partition coefficient (Wildman–Crippen LogP) is 2.88. The molecule has 0 bridgehead atoms. The van der Waals surface area contributed by atoms with Gasteiger partial charge in [-0.1, -0.05) is 6.92 Å². The lowest BCUT2D eigenvalue weighted by molar-refractivity contribution is -0.167. The quantitative estimate of drug-likeness (QED) is 0.680. The van der Waals surface area contributed by atoms with Crippen LogP contribution in [0, 0.1) is 0 Å². The van der Waals surface area contributed by atoms with Gasteiger partial charge < -0.3 is 24.5 Å². The van der Waals surface area contributed by atoms with Crippen molar-refractivity contribution in [3.8, 4) is 0 Å². The Hall–Kier alpha value is -2.59. The molecule has 2 fully saturated rings. The Kier molecular flexibility index (Phi) is 5.05. The molecule has 170 valence electrons. The highest BCUT2D eigenvalue weighted by Gasteiger charge is 2.60. The summed E-state index contributed by atoms with van der Waals surface area (Å²) in [5.41, 5.74) is 0.557. The standard InChI is InChI=1S/C21H31N5O5/c1-8-11-15-16(30-21(5,6)29-15)14(26(11)19(28)31-20(2,3)4)10-9-23-13-12(10)24-18(22-7)25-17(13)27/h9,11,14-16,23H,8H2,1-7H3,(H2,22,24,25,27)/t11-,14+,15-,16+/m1/s1. The first kappa shape index (κ1) is 21.6. The van der Waals surface area contributed by atoms with E-state index in [1.165, 1.54) is 0 Å². The van der Waals surface area contributed by atoms with E-state index in [0.29, 0.717) is 29.0 Å². The minimum Gasteiger partial charge on any atom is -0.444 e. The lowest BCUT2D eigenvalue weighted by Crippen LogP contribution is -2.45. The van der Waals surface area contributed by atoms with Crippen LogP contribution in [0.5, 0.6) is 0 Å². The average molecular weight is 434 g/mol. The number of H-pyrrole nitrogens is 2. The van der Waals surface area contributed by atoms with Crippen LogP contribution in [0.2, 0.25) is 0 Å². The maximum atomic E-state index is 13.3. The summed E-state index contributed by atoms with van der Waals surface area (Å²) in [7, 11) is 1.68. The first-order valence-electron chi connectivity index (χ1n) is 10.6. The molecule has 2 aliphatic rings. The van der Waals surface area contributed by atoms with E-state index in [0.717, 1.165) is 0 Å². The lowest BCUT2D eigenvalue weighted by Gasteiger charge is -2.35. The van der Waals surface area contributed by atoms with Crippen molar-refractivity contribution in [2.24, 2.45) is 0 Å². The first-order valence-corrected chi connectivity index (χ1v) is 10.6. The monoisotopic (exact) mass is 433 g/mol. The number of nitrogens with one attached hydrogen (secondary N) is 3. The molecular weight excluding hydrogens is 402 g/mol. The van der Waals surface area contributed by atoms with Gasteiger partial charge >= 0.3 is 6.09 Å². The van der Waals surface area contributed by atoms with E-state index in [2.05, 4.69) is 20.3 Å². The number of anilines is 1. The molecule has 1 amide bonds. The van der Waals surface area contributed by atoms with Gasteiger partial charge in [0.05, 0.1) is 12.1 Å². The number of rotatable bonds is 3. The van der Waals surface area contributed by atoms with Crippen LogP contribution in [-0.2, 0) is 14.2 Å². The summed E-state index contributed by atoms with van der Waals surface area (Å²) in [4.78, 5) is 37.8. The molecule has 4 atom stereocenters. The van der Waals surface area contributed by atoms with Crippen molar-refractivity contribution in [2.45, 2.75) is 83.6 Å². The number of carbonyl (C=O) groups is 1. The molecule has 0 spiro atoms. The van der Waals surface area contributed by atoms with Crippen molar-refractivity contribution in [3.05, 3.63) is 22.1 Å². The summed E-state index contributed by atoms with van der Waals surface area (Å²) in [6.45, 7) is 11.2. The highest BCUT2D eigenvalue weighted by atomic mass is 16.8. The second kappa shape index (κ2) is 7.23. The molecule has 0 aromatic carbocycles. The van der Waals surface area contributed by atoms with Crippen LogP contribution in [-0.4, -0.2) is 62.6 Å². The molecule has 2 saturated heterocycles. The molecule has 0 saturated carbocycles. The zero-order chi connectivity index (χ0) is 22.7. The highest BCUT2D eigenvalue weighted by molar-refractivity contribution is 5.81. The number of aromatic amines is 2. The lowest BCUT2D eigenvalue weighted by atomic mass is 10.0. The molecule has 2 aliphatic heterocycles. The fraction of sp³-hybridized carbons (Fsp3) is 0.667. The zero-order valence-corrected chi connectivity index (χ0v) is 19.0. The fourth-order valence-electron chi connectivity index (χ4n) is 4.58. The van der Waals surface area contributed by atoms with E-state index in [1.807, 2.05) is 41.5 Å². The van der Waals surface area contributed by atoms with Gasteiger partial charge in [-0.25, -0.2) is 9.78 Å². The van der Waals surface area contributed by atoms with E-state index in [4.69, 9.17) is 14.2 Å². The van der Waals surface area contributed by atoms with Crippen molar-refractivity contribution in [2.75, 3.05) is 12.4 Å². The molecule has 2 aromatic rings. The molecule has 0 unspecified atom stereocenters. The van der Waals surface area contributed by atoms with Crippen molar-refractivity contribution in [1.82, 2.24) is 19.9 Å². The third-order valence-electron chi connectivity index (χ3n) is 5.65. The average Bonchev–Trinajstić information content (AvgIpc) is 3.28. The van der Waals surface area contributed by atoms with Crippen LogP contribution in [0.15, 0.2) is 11.0 Å². The second-order valence-electron chi connectivity index (χ2n) is 9.50. The van der Waals surface area contributed by atoms with Crippen LogP contribution in [0.1, 0.15) is 59.6 Å². The summed E-state index contributed by atoms with van der Waals surface area (Å²) >= 11 is 0. The smallest absolute Gasteiger partial charge is 0.411 e. The molecule has 4 rings (SSSR count). The van der Waals surface area contributed by atoms with E-state index < -0.39 is 29.6 Å². The fourth-order valence-corrected chi connectivity index (χ4v) is 4.58. The van der Waals surface area contributed by atoms with E-state index >= 15 is 0 Å². The van der Waals surface area contributed by atoms with Crippen molar-refractivity contribution < 1.29 is 19.0 Å². The molecule has 2 aromatic heterocycles. The van der Waals surface area contributed by atoms with E-state index in [9.17, 15) is 9.59 Å².